The van der Waals surface area contributed by atoms with Crippen molar-refractivity contribution in [2.45, 2.75) is 13.1 Å². The first-order valence-corrected chi connectivity index (χ1v) is 8.84. The first-order chi connectivity index (χ1) is 13.7. The van der Waals surface area contributed by atoms with Crippen LogP contribution in [0.5, 0.6) is 17.2 Å². The van der Waals surface area contributed by atoms with Crippen LogP contribution in [0.25, 0.3) is 0 Å². The minimum absolute atomic E-state index is 0.188. The normalized spacial score (nSPS) is 17.8. The number of benzene rings is 2. The van der Waals surface area contributed by atoms with Crippen molar-refractivity contribution < 1.29 is 19.0 Å². The van der Waals surface area contributed by atoms with Crippen LogP contribution in [0.15, 0.2) is 52.6 Å². The van der Waals surface area contributed by atoms with Crippen LogP contribution in [0.3, 0.4) is 0 Å². The lowest BCUT2D eigenvalue weighted by Gasteiger charge is -2.29. The summed E-state index contributed by atoms with van der Waals surface area (Å²) in [4.78, 5) is 15.6. The van der Waals surface area contributed by atoms with E-state index < -0.39 is 6.17 Å². The number of ether oxygens (including phenoxy) is 3. The highest BCUT2D eigenvalue weighted by Crippen LogP contribution is 2.38. The number of nitrogens with zero attached hydrogens (tertiary/aromatic N) is 4. The van der Waals surface area contributed by atoms with Gasteiger partial charge in [-0.05, 0) is 31.2 Å². The zero-order valence-electron chi connectivity index (χ0n) is 15.2. The van der Waals surface area contributed by atoms with Gasteiger partial charge >= 0.3 is 0 Å². The van der Waals surface area contributed by atoms with Gasteiger partial charge in [-0.25, -0.2) is 14.8 Å². The molecule has 144 valence electrons. The maximum atomic E-state index is 11.1. The molecule has 2 aromatic rings. The summed E-state index contributed by atoms with van der Waals surface area (Å²) in [5.74, 6) is 2.14. The lowest BCUT2D eigenvalue weighted by molar-refractivity contribution is 0.170. The number of guanidine groups is 1. The summed E-state index contributed by atoms with van der Waals surface area (Å²) < 4.78 is 16.7. The van der Waals surface area contributed by atoms with E-state index in [1.54, 1.807) is 18.2 Å². The largest absolute Gasteiger partial charge is 0.494 e. The molecule has 0 saturated heterocycles. The van der Waals surface area contributed by atoms with E-state index >= 15 is 0 Å². The van der Waals surface area contributed by atoms with Crippen LogP contribution in [0.4, 0.5) is 5.69 Å². The Labute approximate surface area is 161 Å². The molecular formula is C19H19N5O4. The third kappa shape index (κ3) is 3.19. The van der Waals surface area contributed by atoms with E-state index in [4.69, 9.17) is 19.9 Å². The Kier molecular flexibility index (Phi) is 4.74. The third-order valence-corrected chi connectivity index (χ3v) is 4.28. The molecule has 0 bridgehead atoms. The molecule has 0 spiro atoms. The lowest BCUT2D eigenvalue weighted by atomic mass is 10.1. The molecule has 9 nitrogen and oxygen atoms in total. The van der Waals surface area contributed by atoms with E-state index in [-0.39, 0.29) is 5.96 Å². The molecule has 0 fully saturated rings. The van der Waals surface area contributed by atoms with Crippen molar-refractivity contribution in [1.82, 2.24) is 5.12 Å². The number of hydrogen-bond donors (Lipinski definition) is 1. The van der Waals surface area contributed by atoms with Crippen LogP contribution in [0.2, 0.25) is 0 Å². The van der Waals surface area contributed by atoms with Crippen LogP contribution in [-0.2, 0) is 4.79 Å². The quantitative estimate of drug-likeness (QED) is 0.625. The fourth-order valence-corrected chi connectivity index (χ4v) is 3.14. The summed E-state index contributed by atoms with van der Waals surface area (Å²) >= 11 is 0. The topological polar surface area (TPSA) is 102 Å². The van der Waals surface area contributed by atoms with Crippen LogP contribution in [0.1, 0.15) is 18.7 Å². The number of anilines is 1. The highest BCUT2D eigenvalue weighted by atomic mass is 16.6. The lowest BCUT2D eigenvalue weighted by Crippen LogP contribution is -2.42. The van der Waals surface area contributed by atoms with E-state index in [1.807, 2.05) is 37.3 Å². The second-order valence-corrected chi connectivity index (χ2v) is 6.02. The summed E-state index contributed by atoms with van der Waals surface area (Å²) in [7, 11) is 0. The van der Waals surface area contributed by atoms with Gasteiger partial charge in [-0.15, -0.1) is 0 Å². The molecule has 2 heterocycles. The van der Waals surface area contributed by atoms with Gasteiger partial charge < -0.3 is 19.9 Å². The number of rotatable bonds is 5. The van der Waals surface area contributed by atoms with Crippen molar-refractivity contribution in [3.63, 3.8) is 0 Å². The predicted octanol–water partition coefficient (Wildman–Crippen LogP) is 2.16. The minimum atomic E-state index is -0.645. The fraction of sp³-hybridized carbons (Fsp3) is 0.263. The molecule has 9 heteroatoms. The second kappa shape index (κ2) is 7.50. The van der Waals surface area contributed by atoms with Crippen LogP contribution in [-0.4, -0.2) is 37.0 Å². The van der Waals surface area contributed by atoms with Crippen molar-refractivity contribution in [3.8, 4) is 17.2 Å². The van der Waals surface area contributed by atoms with Gasteiger partial charge in [-0.2, -0.15) is 5.12 Å². The number of hydrazone groups is 1. The van der Waals surface area contributed by atoms with Crippen molar-refractivity contribution in [2.24, 2.45) is 15.8 Å². The zero-order chi connectivity index (χ0) is 19.5. The Morgan fingerprint density at radius 2 is 2.07 bits per heavy atom. The van der Waals surface area contributed by atoms with Crippen molar-refractivity contribution in [1.29, 1.82) is 0 Å². The van der Waals surface area contributed by atoms with Gasteiger partial charge in [-0.3, -0.25) is 0 Å². The second-order valence-electron chi connectivity index (χ2n) is 6.02. The summed E-state index contributed by atoms with van der Waals surface area (Å²) in [6.45, 7) is 3.41. The maximum Gasteiger partial charge on any atom is 0.260 e. The molecule has 2 aliphatic rings. The van der Waals surface area contributed by atoms with E-state index in [0.717, 1.165) is 5.56 Å². The number of fused-ring (bicyclic) bond motifs is 1. The minimum Gasteiger partial charge on any atom is -0.494 e. The van der Waals surface area contributed by atoms with Gasteiger partial charge in [0.2, 0.25) is 5.96 Å². The van der Waals surface area contributed by atoms with E-state index in [1.165, 1.54) is 10.1 Å². The molecule has 0 radical (unpaired) electrons. The van der Waals surface area contributed by atoms with Gasteiger partial charge in [0.1, 0.15) is 19.0 Å². The Morgan fingerprint density at radius 3 is 2.86 bits per heavy atom. The number of nitrogens with two attached hydrogens (primary N) is 1. The molecule has 4 rings (SSSR count). The fourth-order valence-electron chi connectivity index (χ4n) is 3.14. The van der Waals surface area contributed by atoms with E-state index in [9.17, 15) is 4.79 Å². The Bertz CT molecular complexity index is 957. The first kappa shape index (κ1) is 17.7. The Hall–Kier alpha value is -3.71. The summed E-state index contributed by atoms with van der Waals surface area (Å²) in [5, 5.41) is 6.73. The van der Waals surface area contributed by atoms with Crippen molar-refractivity contribution >= 4 is 17.7 Å². The molecule has 0 saturated carbocycles. The Balaban J connectivity index is 1.70. The molecule has 1 unspecified atom stereocenters. The van der Waals surface area contributed by atoms with E-state index in [2.05, 4.69) is 10.1 Å². The molecule has 2 aromatic carbocycles. The van der Waals surface area contributed by atoms with Crippen molar-refractivity contribution in [3.05, 3.63) is 48.0 Å². The summed E-state index contributed by atoms with van der Waals surface area (Å²) in [6.07, 6.45) is 0.930. The average molecular weight is 381 g/mol. The molecule has 2 aliphatic heterocycles. The molecule has 0 amide bonds. The smallest absolute Gasteiger partial charge is 0.260 e. The number of hydrogen-bond acceptors (Lipinski definition) is 9. The molecular weight excluding hydrogens is 362 g/mol. The molecule has 28 heavy (non-hydrogen) atoms. The number of aliphatic imine (C=N–C) groups is 1. The molecule has 0 aromatic heterocycles. The number of isocyanates is 1. The van der Waals surface area contributed by atoms with Gasteiger partial charge in [0.25, 0.3) is 6.08 Å². The zero-order valence-corrected chi connectivity index (χ0v) is 15.2. The first-order valence-electron chi connectivity index (χ1n) is 8.84. The average Bonchev–Trinajstić information content (AvgIpc) is 3.04. The van der Waals surface area contributed by atoms with Crippen LogP contribution < -0.4 is 25.0 Å². The number of carbonyl (C=O) groups excluding carboxylic acids is 1. The Morgan fingerprint density at radius 1 is 1.25 bits per heavy atom. The highest BCUT2D eigenvalue weighted by Gasteiger charge is 2.35. The van der Waals surface area contributed by atoms with Crippen LogP contribution >= 0.6 is 0 Å². The van der Waals surface area contributed by atoms with Gasteiger partial charge in [0.15, 0.2) is 17.7 Å². The van der Waals surface area contributed by atoms with Crippen LogP contribution in [0, 0.1) is 0 Å². The number of hydrazine groups is 1. The standard InChI is InChI=1S/C19H19N5O4/c1-2-26-15-5-3-4-14(11-15)23-19(20)22-18(24(23)21-12-25)13-6-7-16-17(10-13)28-9-8-27-16/h3-7,10-11,18H,2,8-9H2,1H3,(H2,20,22). The van der Waals surface area contributed by atoms with Crippen molar-refractivity contribution in [2.75, 3.05) is 24.8 Å². The molecule has 2 N–H and O–H groups in total. The van der Waals surface area contributed by atoms with Gasteiger partial charge in [-0.1, -0.05) is 17.2 Å². The van der Waals surface area contributed by atoms with E-state index in [0.29, 0.717) is 42.8 Å². The molecule has 0 aliphatic carbocycles. The highest BCUT2D eigenvalue weighted by molar-refractivity contribution is 5.95. The third-order valence-electron chi connectivity index (χ3n) is 4.28. The van der Waals surface area contributed by atoms with Gasteiger partial charge in [0, 0.05) is 11.6 Å². The monoisotopic (exact) mass is 381 g/mol. The SMILES string of the molecule is CCOc1cccc(N2C(N)=NC(c3ccc4c(c3)OCCO4)N2N=C=O)c1. The van der Waals surface area contributed by atoms with Gasteiger partial charge in [0.05, 0.1) is 12.3 Å². The predicted molar refractivity (Wildman–Crippen MR) is 102 cm³/mol. The molecule has 1 atom stereocenters. The summed E-state index contributed by atoms with van der Waals surface area (Å²) in [6, 6.07) is 12.7. The summed E-state index contributed by atoms with van der Waals surface area (Å²) in [5.41, 5.74) is 7.57. The maximum absolute atomic E-state index is 11.1.